The second kappa shape index (κ2) is 7.84. The van der Waals surface area contributed by atoms with Crippen LogP contribution in [0.25, 0.3) is 0 Å². The lowest BCUT2D eigenvalue weighted by Crippen LogP contribution is -2.21. The van der Waals surface area contributed by atoms with E-state index in [2.05, 4.69) is 10.6 Å². The Labute approximate surface area is 146 Å². The molecule has 126 valence electrons. The first-order valence-corrected chi connectivity index (χ1v) is 7.80. The van der Waals surface area contributed by atoms with Gasteiger partial charge >= 0.3 is 0 Å². The van der Waals surface area contributed by atoms with Crippen molar-refractivity contribution in [3.63, 3.8) is 0 Å². The molecule has 0 unspecified atom stereocenters. The molecule has 2 amide bonds. The number of nitrogens with one attached hydrogen (secondary N) is 2. The van der Waals surface area contributed by atoms with E-state index in [0.717, 1.165) is 11.1 Å². The number of anilines is 1. The van der Waals surface area contributed by atoms with Gasteiger partial charge in [-0.15, -0.1) is 0 Å². The van der Waals surface area contributed by atoms with Crippen molar-refractivity contribution in [3.8, 4) is 5.75 Å². The van der Waals surface area contributed by atoms with E-state index in [0.29, 0.717) is 22.0 Å². The first-order valence-electron chi connectivity index (χ1n) is 7.42. The number of hydrogen-bond donors (Lipinski definition) is 2. The summed E-state index contributed by atoms with van der Waals surface area (Å²) < 4.78 is 5.48. The minimum atomic E-state index is -0.357. The summed E-state index contributed by atoms with van der Waals surface area (Å²) in [6.07, 6.45) is 0. The molecule has 2 N–H and O–H groups in total. The molecule has 2 aromatic carbocycles. The lowest BCUT2D eigenvalue weighted by molar-refractivity contribution is -0.118. The lowest BCUT2D eigenvalue weighted by atomic mass is 10.1. The van der Waals surface area contributed by atoms with Crippen LogP contribution in [0, 0.1) is 13.8 Å². The fourth-order valence-corrected chi connectivity index (χ4v) is 2.21. The van der Waals surface area contributed by atoms with Crippen LogP contribution < -0.4 is 15.4 Å². The average molecular weight is 347 g/mol. The maximum Gasteiger partial charge on any atom is 0.262 e. The summed E-state index contributed by atoms with van der Waals surface area (Å²) in [6, 6.07) is 10.3. The molecule has 24 heavy (non-hydrogen) atoms. The summed E-state index contributed by atoms with van der Waals surface area (Å²) in [6.45, 7) is 3.84. The van der Waals surface area contributed by atoms with Gasteiger partial charge in [0.15, 0.2) is 6.61 Å². The van der Waals surface area contributed by atoms with Crippen LogP contribution in [-0.2, 0) is 4.79 Å². The van der Waals surface area contributed by atoms with Crippen LogP contribution in [0.1, 0.15) is 21.5 Å². The van der Waals surface area contributed by atoms with Gasteiger partial charge in [-0.05, 0) is 55.3 Å². The van der Waals surface area contributed by atoms with Crippen LogP contribution in [0.5, 0.6) is 5.75 Å². The summed E-state index contributed by atoms with van der Waals surface area (Å²) in [5.74, 6) is 0.0104. The number of hydrogen-bond acceptors (Lipinski definition) is 3. The van der Waals surface area contributed by atoms with E-state index in [1.165, 1.54) is 13.1 Å². The monoisotopic (exact) mass is 346 g/mol. The van der Waals surface area contributed by atoms with Crippen molar-refractivity contribution in [1.82, 2.24) is 5.32 Å². The van der Waals surface area contributed by atoms with Gasteiger partial charge in [0.25, 0.3) is 11.8 Å². The van der Waals surface area contributed by atoms with Crippen LogP contribution in [0.4, 0.5) is 5.69 Å². The summed E-state index contributed by atoms with van der Waals surface area (Å²) in [5.41, 5.74) is 3.03. The molecule has 0 bridgehead atoms. The zero-order valence-corrected chi connectivity index (χ0v) is 14.5. The van der Waals surface area contributed by atoms with Crippen molar-refractivity contribution >= 4 is 29.1 Å². The van der Waals surface area contributed by atoms with Crippen LogP contribution in [0.2, 0.25) is 5.02 Å². The third-order valence-electron chi connectivity index (χ3n) is 3.58. The number of halogens is 1. The molecule has 0 spiro atoms. The third-order valence-corrected chi connectivity index (χ3v) is 3.91. The second-order valence-electron chi connectivity index (χ2n) is 5.36. The summed E-state index contributed by atoms with van der Waals surface area (Å²) in [7, 11) is 1.53. The number of ether oxygens (including phenoxy) is 1. The molecule has 0 atom stereocenters. The van der Waals surface area contributed by atoms with E-state index in [1.807, 2.05) is 32.0 Å². The zero-order valence-electron chi connectivity index (χ0n) is 13.8. The zero-order chi connectivity index (χ0) is 17.7. The SMILES string of the molecule is CNC(=O)c1ccc(Cl)c(NC(=O)COc2ccc(C)c(C)c2)c1. The molecule has 0 heterocycles. The second-order valence-corrected chi connectivity index (χ2v) is 5.76. The largest absolute Gasteiger partial charge is 0.484 e. The Morgan fingerprint density at radius 3 is 2.50 bits per heavy atom. The molecule has 0 saturated carbocycles. The Hall–Kier alpha value is -2.53. The summed E-state index contributed by atoms with van der Waals surface area (Å²) in [4.78, 5) is 23.7. The average Bonchev–Trinajstić information content (AvgIpc) is 2.57. The highest BCUT2D eigenvalue weighted by Gasteiger charge is 2.11. The molecule has 5 nitrogen and oxygen atoms in total. The third kappa shape index (κ3) is 4.49. The van der Waals surface area contributed by atoms with Gasteiger partial charge in [-0.3, -0.25) is 9.59 Å². The van der Waals surface area contributed by atoms with Crippen molar-refractivity contribution < 1.29 is 14.3 Å². The van der Waals surface area contributed by atoms with Crippen molar-refractivity contribution in [2.75, 3.05) is 19.0 Å². The molecule has 0 aliphatic rings. The van der Waals surface area contributed by atoms with Gasteiger partial charge in [-0.25, -0.2) is 0 Å². The summed E-state index contributed by atoms with van der Waals surface area (Å²) in [5, 5.41) is 5.52. The number of rotatable bonds is 5. The number of carbonyl (C=O) groups is 2. The van der Waals surface area contributed by atoms with Gasteiger partial charge in [-0.2, -0.15) is 0 Å². The van der Waals surface area contributed by atoms with Gasteiger partial charge in [0, 0.05) is 12.6 Å². The molecule has 0 aromatic heterocycles. The molecule has 6 heteroatoms. The predicted octanol–water partition coefficient (Wildman–Crippen LogP) is 3.33. The maximum absolute atomic E-state index is 12.0. The van der Waals surface area contributed by atoms with E-state index in [-0.39, 0.29) is 18.4 Å². The first-order chi connectivity index (χ1) is 11.4. The van der Waals surface area contributed by atoms with E-state index < -0.39 is 0 Å². The Morgan fingerprint density at radius 2 is 1.83 bits per heavy atom. The first kappa shape index (κ1) is 17.8. The molecular formula is C18H19ClN2O3. The smallest absolute Gasteiger partial charge is 0.262 e. The minimum absolute atomic E-state index is 0.150. The topological polar surface area (TPSA) is 67.4 Å². The van der Waals surface area contributed by atoms with Gasteiger partial charge in [-0.1, -0.05) is 17.7 Å². The van der Waals surface area contributed by atoms with E-state index in [4.69, 9.17) is 16.3 Å². The van der Waals surface area contributed by atoms with Crippen molar-refractivity contribution in [2.24, 2.45) is 0 Å². The number of aryl methyl sites for hydroxylation is 2. The van der Waals surface area contributed by atoms with Crippen molar-refractivity contribution in [1.29, 1.82) is 0 Å². The normalized spacial score (nSPS) is 10.2. The molecule has 0 fully saturated rings. The lowest BCUT2D eigenvalue weighted by Gasteiger charge is -2.11. The van der Waals surface area contributed by atoms with Gasteiger partial charge in [0.2, 0.25) is 0 Å². The fraction of sp³-hybridized carbons (Fsp3) is 0.222. The van der Waals surface area contributed by atoms with E-state index in [1.54, 1.807) is 12.1 Å². The van der Waals surface area contributed by atoms with E-state index in [9.17, 15) is 9.59 Å². The molecule has 2 aromatic rings. The molecular weight excluding hydrogens is 328 g/mol. The molecule has 2 rings (SSSR count). The number of benzene rings is 2. The quantitative estimate of drug-likeness (QED) is 0.872. The number of amides is 2. The summed E-state index contributed by atoms with van der Waals surface area (Å²) >= 11 is 6.06. The highest BCUT2D eigenvalue weighted by Crippen LogP contribution is 2.23. The van der Waals surface area contributed by atoms with Gasteiger partial charge in [0.05, 0.1) is 10.7 Å². The van der Waals surface area contributed by atoms with Crippen molar-refractivity contribution in [3.05, 3.63) is 58.1 Å². The van der Waals surface area contributed by atoms with Gasteiger partial charge in [0.1, 0.15) is 5.75 Å². The van der Waals surface area contributed by atoms with Crippen LogP contribution in [0.15, 0.2) is 36.4 Å². The van der Waals surface area contributed by atoms with Crippen LogP contribution in [-0.4, -0.2) is 25.5 Å². The van der Waals surface area contributed by atoms with E-state index >= 15 is 0 Å². The molecule has 0 radical (unpaired) electrons. The van der Waals surface area contributed by atoms with Crippen molar-refractivity contribution in [2.45, 2.75) is 13.8 Å². The Kier molecular flexibility index (Phi) is 5.82. The van der Waals surface area contributed by atoms with Crippen LogP contribution >= 0.6 is 11.6 Å². The minimum Gasteiger partial charge on any atom is -0.484 e. The Balaban J connectivity index is 2.01. The van der Waals surface area contributed by atoms with Gasteiger partial charge < -0.3 is 15.4 Å². The highest BCUT2D eigenvalue weighted by atomic mass is 35.5. The standard InChI is InChI=1S/C18H19ClN2O3/c1-11-4-6-14(8-12(11)2)24-10-17(22)21-16-9-13(18(23)20-3)5-7-15(16)19/h4-9H,10H2,1-3H3,(H,20,23)(H,21,22). The Bertz CT molecular complexity index is 775. The predicted molar refractivity (Wildman–Crippen MR) is 94.9 cm³/mol. The molecule has 0 saturated heterocycles. The molecule has 0 aliphatic heterocycles. The Morgan fingerprint density at radius 1 is 1.08 bits per heavy atom. The maximum atomic E-state index is 12.0. The highest BCUT2D eigenvalue weighted by molar-refractivity contribution is 6.33. The van der Waals surface area contributed by atoms with Crippen LogP contribution in [0.3, 0.4) is 0 Å². The number of carbonyl (C=O) groups excluding carboxylic acids is 2. The fourth-order valence-electron chi connectivity index (χ4n) is 2.05. The molecule has 0 aliphatic carbocycles.